The van der Waals surface area contributed by atoms with E-state index in [-0.39, 0.29) is 23.0 Å². The minimum absolute atomic E-state index is 0.137. The van der Waals surface area contributed by atoms with E-state index in [9.17, 15) is 14.0 Å². The van der Waals surface area contributed by atoms with Crippen LogP contribution in [-0.4, -0.2) is 24.2 Å². The molecule has 166 valence electrons. The van der Waals surface area contributed by atoms with Crippen molar-refractivity contribution in [2.45, 2.75) is 6.92 Å². The van der Waals surface area contributed by atoms with Crippen molar-refractivity contribution in [2.24, 2.45) is 4.99 Å². The summed E-state index contributed by atoms with van der Waals surface area (Å²) in [7, 11) is 1.43. The summed E-state index contributed by atoms with van der Waals surface area (Å²) >= 11 is 1.23. The van der Waals surface area contributed by atoms with Gasteiger partial charge < -0.3 is 14.8 Å². The van der Waals surface area contributed by atoms with Gasteiger partial charge in [-0.05, 0) is 66.2 Å². The van der Waals surface area contributed by atoms with Gasteiger partial charge in [-0.3, -0.25) is 4.79 Å². The van der Waals surface area contributed by atoms with Crippen LogP contribution in [0.15, 0.2) is 76.6 Å². The Labute approximate surface area is 194 Å². The standard InChI is InChI=1S/C25H19FN2O4S/c1-15-7-3-6-10-19(15)27-25-28-23(29)22(33-25)14-16-11-12-20(21(13-16)31-2)32-24(30)17-8-4-5-9-18(17)26/h3-14H,1-2H3,(H,27,28,29)/b22-14+. The van der Waals surface area contributed by atoms with Gasteiger partial charge in [0.15, 0.2) is 16.7 Å². The summed E-state index contributed by atoms with van der Waals surface area (Å²) in [4.78, 5) is 29.7. The van der Waals surface area contributed by atoms with Crippen LogP contribution in [0.2, 0.25) is 0 Å². The third kappa shape index (κ3) is 5.12. The molecule has 3 aromatic carbocycles. The second-order valence-corrected chi connectivity index (χ2v) is 8.08. The fourth-order valence-corrected chi connectivity index (χ4v) is 3.90. The van der Waals surface area contributed by atoms with Crippen LogP contribution >= 0.6 is 11.8 Å². The molecular weight excluding hydrogens is 443 g/mol. The average Bonchev–Trinajstić information content (AvgIpc) is 3.15. The predicted octanol–water partition coefficient (Wildman–Crippen LogP) is 5.25. The molecule has 6 nitrogen and oxygen atoms in total. The topological polar surface area (TPSA) is 77.0 Å². The van der Waals surface area contributed by atoms with Crippen LogP contribution in [0.5, 0.6) is 11.5 Å². The number of esters is 1. The van der Waals surface area contributed by atoms with Crippen LogP contribution in [0.3, 0.4) is 0 Å². The smallest absolute Gasteiger partial charge is 0.346 e. The second kappa shape index (κ2) is 9.70. The number of nitrogens with zero attached hydrogens (tertiary/aromatic N) is 1. The van der Waals surface area contributed by atoms with E-state index in [0.29, 0.717) is 15.6 Å². The van der Waals surface area contributed by atoms with E-state index < -0.39 is 11.8 Å². The number of benzene rings is 3. The van der Waals surface area contributed by atoms with Gasteiger partial charge in [0.2, 0.25) is 0 Å². The highest BCUT2D eigenvalue weighted by atomic mass is 32.2. The first-order chi connectivity index (χ1) is 15.9. The number of amidine groups is 1. The van der Waals surface area contributed by atoms with Crippen LogP contribution in [0.1, 0.15) is 21.5 Å². The second-order valence-electron chi connectivity index (χ2n) is 7.05. The Morgan fingerprint density at radius 1 is 1.06 bits per heavy atom. The minimum Gasteiger partial charge on any atom is -0.493 e. The molecule has 0 saturated carbocycles. The molecule has 1 fully saturated rings. The van der Waals surface area contributed by atoms with Gasteiger partial charge >= 0.3 is 5.97 Å². The molecule has 0 aromatic heterocycles. The van der Waals surface area contributed by atoms with E-state index in [0.717, 1.165) is 11.3 Å². The summed E-state index contributed by atoms with van der Waals surface area (Å²) in [6, 6.07) is 18.0. The number of thioether (sulfide) groups is 1. The summed E-state index contributed by atoms with van der Waals surface area (Å²) in [6.07, 6.45) is 1.69. The summed E-state index contributed by atoms with van der Waals surface area (Å²) in [6.45, 7) is 1.95. The zero-order valence-electron chi connectivity index (χ0n) is 17.8. The molecule has 1 saturated heterocycles. The zero-order valence-corrected chi connectivity index (χ0v) is 18.6. The number of carbonyl (C=O) groups is 2. The molecule has 8 heteroatoms. The highest BCUT2D eigenvalue weighted by Crippen LogP contribution is 2.33. The quantitative estimate of drug-likeness (QED) is 0.318. The Bertz CT molecular complexity index is 1300. The normalized spacial score (nSPS) is 15.5. The van der Waals surface area contributed by atoms with E-state index in [1.54, 1.807) is 24.3 Å². The van der Waals surface area contributed by atoms with Crippen molar-refractivity contribution in [1.82, 2.24) is 5.32 Å². The van der Waals surface area contributed by atoms with E-state index in [1.807, 2.05) is 31.2 Å². The summed E-state index contributed by atoms with van der Waals surface area (Å²) in [5.74, 6) is -1.36. The molecule has 1 amide bonds. The number of ether oxygens (including phenoxy) is 2. The van der Waals surface area contributed by atoms with Crippen LogP contribution in [-0.2, 0) is 4.79 Å². The molecule has 0 bridgehead atoms. The van der Waals surface area contributed by atoms with Crippen LogP contribution in [0.25, 0.3) is 6.08 Å². The lowest BCUT2D eigenvalue weighted by Crippen LogP contribution is -2.19. The van der Waals surface area contributed by atoms with Crippen LogP contribution in [0, 0.1) is 12.7 Å². The molecule has 3 aromatic rings. The maximum Gasteiger partial charge on any atom is 0.346 e. The monoisotopic (exact) mass is 462 g/mol. The number of carbonyl (C=O) groups excluding carboxylic acids is 2. The number of para-hydroxylation sites is 1. The van der Waals surface area contributed by atoms with E-state index in [4.69, 9.17) is 9.47 Å². The third-order valence-corrected chi connectivity index (χ3v) is 5.68. The zero-order chi connectivity index (χ0) is 23.4. The Morgan fingerprint density at radius 2 is 1.82 bits per heavy atom. The van der Waals surface area contributed by atoms with Gasteiger partial charge in [0, 0.05) is 0 Å². The number of amides is 1. The fraction of sp³-hybridized carbons (Fsp3) is 0.0800. The first-order valence-corrected chi connectivity index (χ1v) is 10.8. The lowest BCUT2D eigenvalue weighted by atomic mass is 10.1. The number of rotatable bonds is 5. The molecule has 0 aliphatic carbocycles. The molecule has 1 aliphatic heterocycles. The molecule has 0 spiro atoms. The summed E-state index contributed by atoms with van der Waals surface area (Å²) in [5.41, 5.74) is 2.27. The number of methoxy groups -OCH3 is 1. The Balaban J connectivity index is 1.54. The number of aliphatic imine (C=N–C) groups is 1. The Morgan fingerprint density at radius 3 is 2.58 bits per heavy atom. The van der Waals surface area contributed by atoms with Gasteiger partial charge in [0.1, 0.15) is 5.82 Å². The van der Waals surface area contributed by atoms with Gasteiger partial charge in [0.05, 0.1) is 23.3 Å². The molecule has 1 aliphatic rings. The number of hydrogen-bond donors (Lipinski definition) is 1. The Kier molecular flexibility index (Phi) is 6.55. The van der Waals surface area contributed by atoms with Crippen molar-refractivity contribution >= 4 is 40.6 Å². The van der Waals surface area contributed by atoms with E-state index in [2.05, 4.69) is 10.3 Å². The predicted molar refractivity (Wildman–Crippen MR) is 126 cm³/mol. The maximum atomic E-state index is 13.9. The fourth-order valence-electron chi connectivity index (χ4n) is 3.07. The van der Waals surface area contributed by atoms with Crippen molar-refractivity contribution in [3.05, 3.63) is 94.1 Å². The number of hydrogen-bond acceptors (Lipinski definition) is 6. The number of nitrogens with one attached hydrogen (secondary N) is 1. The van der Waals surface area contributed by atoms with Crippen molar-refractivity contribution in [3.63, 3.8) is 0 Å². The molecule has 0 unspecified atom stereocenters. The number of halogens is 1. The molecule has 1 heterocycles. The third-order valence-electron chi connectivity index (χ3n) is 4.77. The molecule has 0 atom stereocenters. The van der Waals surface area contributed by atoms with Crippen molar-refractivity contribution in [1.29, 1.82) is 0 Å². The highest BCUT2D eigenvalue weighted by Gasteiger charge is 2.24. The largest absolute Gasteiger partial charge is 0.493 e. The molecule has 0 radical (unpaired) electrons. The van der Waals surface area contributed by atoms with Gasteiger partial charge in [-0.2, -0.15) is 0 Å². The van der Waals surface area contributed by atoms with Gasteiger partial charge in [-0.15, -0.1) is 0 Å². The van der Waals surface area contributed by atoms with Gasteiger partial charge in [-0.1, -0.05) is 36.4 Å². The van der Waals surface area contributed by atoms with Gasteiger partial charge in [-0.25, -0.2) is 14.2 Å². The molecule has 33 heavy (non-hydrogen) atoms. The average molecular weight is 463 g/mol. The van der Waals surface area contributed by atoms with Crippen molar-refractivity contribution in [3.8, 4) is 11.5 Å². The summed E-state index contributed by atoms with van der Waals surface area (Å²) < 4.78 is 24.5. The lowest BCUT2D eigenvalue weighted by molar-refractivity contribution is -0.115. The number of aryl methyl sites for hydroxylation is 1. The Hall–Kier alpha value is -3.91. The highest BCUT2D eigenvalue weighted by molar-refractivity contribution is 8.18. The van der Waals surface area contributed by atoms with Crippen molar-refractivity contribution < 1.29 is 23.5 Å². The van der Waals surface area contributed by atoms with Gasteiger partial charge in [0.25, 0.3) is 5.91 Å². The first-order valence-electron chi connectivity index (χ1n) is 9.94. The molecule has 1 N–H and O–H groups in total. The SMILES string of the molecule is COc1cc(/C=C2/SC(=Nc3ccccc3C)NC2=O)ccc1OC(=O)c1ccccc1F. The van der Waals surface area contributed by atoms with E-state index >= 15 is 0 Å². The van der Waals surface area contributed by atoms with Crippen molar-refractivity contribution in [2.75, 3.05) is 7.11 Å². The first kappa shape index (κ1) is 22.3. The lowest BCUT2D eigenvalue weighted by Gasteiger charge is -2.10. The minimum atomic E-state index is -0.833. The molecular formula is C25H19FN2O4S. The van der Waals surface area contributed by atoms with Crippen LogP contribution in [0.4, 0.5) is 10.1 Å². The molecule has 4 rings (SSSR count). The van der Waals surface area contributed by atoms with Crippen LogP contribution < -0.4 is 14.8 Å². The summed E-state index contributed by atoms with van der Waals surface area (Å²) in [5, 5.41) is 3.25. The maximum absolute atomic E-state index is 13.9. The van der Waals surface area contributed by atoms with E-state index in [1.165, 1.54) is 43.1 Å².